The van der Waals surface area contributed by atoms with Gasteiger partial charge in [0.05, 0.1) is 0 Å². The zero-order valence-corrected chi connectivity index (χ0v) is 22.2. The fourth-order valence-corrected chi connectivity index (χ4v) is 8.61. The van der Waals surface area contributed by atoms with E-state index in [4.69, 9.17) is 4.98 Å². The summed E-state index contributed by atoms with van der Waals surface area (Å²) in [5.74, 6) is 0. The molecule has 0 saturated carbocycles. The molecule has 26 heavy (non-hydrogen) atoms. The van der Waals surface area contributed by atoms with Crippen molar-refractivity contribution >= 4 is 43.9 Å². The Bertz CT molecular complexity index is 818. The van der Waals surface area contributed by atoms with Gasteiger partial charge in [-0.25, -0.2) is 0 Å². The third-order valence-electron chi connectivity index (χ3n) is 4.53. The predicted octanol–water partition coefficient (Wildman–Crippen LogP) is 4.30. The van der Waals surface area contributed by atoms with Gasteiger partial charge in [0.15, 0.2) is 0 Å². The van der Waals surface area contributed by atoms with Gasteiger partial charge in [0, 0.05) is 0 Å². The monoisotopic (exact) mass is 561 g/mol. The van der Waals surface area contributed by atoms with E-state index in [-0.39, 0.29) is 0 Å². The second-order valence-electron chi connectivity index (χ2n) is 8.77. The van der Waals surface area contributed by atoms with E-state index in [1.807, 2.05) is 30.6 Å². The topological polar surface area (TPSA) is 38.7 Å². The van der Waals surface area contributed by atoms with E-state index in [2.05, 4.69) is 63.9 Å². The van der Waals surface area contributed by atoms with E-state index in [0.29, 0.717) is 0 Å². The van der Waals surface area contributed by atoms with Crippen molar-refractivity contribution in [1.82, 2.24) is 15.0 Å². The Morgan fingerprint density at radius 2 is 0.962 bits per heavy atom. The molecular weight excluding hydrogens is 532 g/mol. The molecule has 0 spiro atoms. The standard InChI is InChI=1S/C15H9N3.6CH3.2Sn/c1-3-10-16-12(6-1)14-8-5-9-15(18-14)13-7-2-4-11-17-13;;;;;;;;/h1-2,5-11H;6*1H3;;. The molecule has 0 unspecified atom stereocenters. The zero-order chi connectivity index (χ0) is 18.9. The van der Waals surface area contributed by atoms with Crippen LogP contribution >= 0.6 is 0 Å². The molecule has 5 heteroatoms. The van der Waals surface area contributed by atoms with Crippen molar-refractivity contribution in [1.29, 1.82) is 0 Å². The second kappa shape index (κ2) is 7.58. The normalized spacial score (nSPS) is 12.2. The average molecular weight is 559 g/mol. The Morgan fingerprint density at radius 1 is 0.538 bits per heavy atom. The summed E-state index contributed by atoms with van der Waals surface area (Å²) in [6.07, 6.45) is 4.09. The molecular formula is C21H27N3Sn2. The first kappa shape index (κ1) is 19.8. The molecule has 0 N–H and O–H groups in total. The van der Waals surface area contributed by atoms with Crippen LogP contribution in [0.4, 0.5) is 0 Å². The summed E-state index contributed by atoms with van der Waals surface area (Å²) in [6.45, 7) is 0. The van der Waals surface area contributed by atoms with Crippen molar-refractivity contribution in [2.45, 2.75) is 29.6 Å². The van der Waals surface area contributed by atoms with Gasteiger partial charge >= 0.3 is 166 Å². The molecule has 0 fully saturated rings. The van der Waals surface area contributed by atoms with Crippen LogP contribution in [-0.2, 0) is 0 Å². The quantitative estimate of drug-likeness (QED) is 0.449. The summed E-state index contributed by atoms with van der Waals surface area (Å²) in [5.41, 5.74) is 3.65. The number of hydrogen-bond donors (Lipinski definition) is 0. The fourth-order valence-electron chi connectivity index (χ4n) is 2.70. The van der Waals surface area contributed by atoms with Crippen molar-refractivity contribution in [3.63, 3.8) is 0 Å². The van der Waals surface area contributed by atoms with E-state index in [1.165, 1.54) is 7.16 Å². The first-order chi connectivity index (χ1) is 12.1. The van der Waals surface area contributed by atoms with Gasteiger partial charge in [-0.15, -0.1) is 0 Å². The van der Waals surface area contributed by atoms with Gasteiger partial charge in [0.1, 0.15) is 0 Å². The number of nitrogens with zero attached hydrogens (tertiary/aromatic N) is 3. The third kappa shape index (κ3) is 4.66. The van der Waals surface area contributed by atoms with Crippen molar-refractivity contribution in [3.05, 3.63) is 54.9 Å². The van der Waals surface area contributed by atoms with Crippen LogP contribution in [0.2, 0.25) is 29.6 Å². The number of pyridine rings is 3. The van der Waals surface area contributed by atoms with Crippen molar-refractivity contribution in [2.75, 3.05) is 0 Å². The average Bonchev–Trinajstić information content (AvgIpc) is 2.61. The molecule has 0 amide bonds. The maximum atomic E-state index is 4.81. The van der Waals surface area contributed by atoms with Crippen molar-refractivity contribution in [3.8, 4) is 22.8 Å². The Hall–Kier alpha value is -0.953. The molecule has 3 aromatic heterocycles. The number of hydrogen-bond acceptors (Lipinski definition) is 3. The van der Waals surface area contributed by atoms with Crippen molar-refractivity contribution < 1.29 is 0 Å². The summed E-state index contributed by atoms with van der Waals surface area (Å²) in [4.78, 5) is 28.6. The van der Waals surface area contributed by atoms with Gasteiger partial charge in [-0.05, 0) is 0 Å². The van der Waals surface area contributed by atoms with Gasteiger partial charge < -0.3 is 0 Å². The predicted molar refractivity (Wildman–Crippen MR) is 117 cm³/mol. The van der Waals surface area contributed by atoms with E-state index < -0.39 is 36.8 Å². The van der Waals surface area contributed by atoms with E-state index in [1.54, 1.807) is 0 Å². The fraction of sp³-hybridized carbons (Fsp3) is 0.286. The van der Waals surface area contributed by atoms with Crippen LogP contribution in [-0.4, -0.2) is 51.7 Å². The van der Waals surface area contributed by atoms with Crippen LogP contribution in [0.15, 0.2) is 54.9 Å². The molecule has 0 radical (unpaired) electrons. The van der Waals surface area contributed by atoms with Crippen LogP contribution in [0.5, 0.6) is 0 Å². The molecule has 3 rings (SSSR count). The Labute approximate surface area is 165 Å². The molecule has 0 atom stereocenters. The Kier molecular flexibility index (Phi) is 5.77. The first-order valence-corrected chi connectivity index (χ1v) is 29.0. The van der Waals surface area contributed by atoms with Crippen LogP contribution in [0.1, 0.15) is 0 Å². The molecule has 134 valence electrons. The van der Waals surface area contributed by atoms with E-state index >= 15 is 0 Å². The van der Waals surface area contributed by atoms with E-state index in [9.17, 15) is 0 Å². The summed E-state index contributed by atoms with van der Waals surface area (Å²) < 4.78 is 2.87. The molecule has 0 aliphatic heterocycles. The van der Waals surface area contributed by atoms with Gasteiger partial charge in [-0.3, -0.25) is 0 Å². The molecule has 3 heterocycles. The maximum absolute atomic E-state index is 4.81. The Balaban J connectivity index is 1.91. The van der Waals surface area contributed by atoms with Gasteiger partial charge in [0.2, 0.25) is 0 Å². The van der Waals surface area contributed by atoms with Crippen LogP contribution in [0, 0.1) is 0 Å². The minimum atomic E-state index is -2.06. The molecule has 3 aromatic rings. The molecule has 0 aromatic carbocycles. The first-order valence-electron chi connectivity index (χ1n) is 9.05. The third-order valence-corrected chi connectivity index (χ3v) is 16.1. The van der Waals surface area contributed by atoms with Crippen molar-refractivity contribution in [2.24, 2.45) is 0 Å². The molecule has 0 saturated heterocycles. The van der Waals surface area contributed by atoms with Crippen LogP contribution in [0.3, 0.4) is 0 Å². The van der Waals surface area contributed by atoms with Crippen LogP contribution < -0.4 is 7.16 Å². The SMILES string of the molecule is [CH3][Sn]([CH3])([CH3])[c]1ccc(-c2cccc(-c3cc[c]([Sn]([CH3])([CH3])[CH3])cn3)n2)nc1. The van der Waals surface area contributed by atoms with Crippen LogP contribution in [0.25, 0.3) is 22.8 Å². The minimum absolute atomic E-state index is 0.902. The van der Waals surface area contributed by atoms with E-state index in [0.717, 1.165) is 22.8 Å². The number of rotatable bonds is 4. The summed E-state index contributed by atoms with van der Waals surface area (Å²) in [6, 6.07) is 14.8. The van der Waals surface area contributed by atoms with Gasteiger partial charge in [-0.2, -0.15) is 0 Å². The molecule has 0 aliphatic carbocycles. The Morgan fingerprint density at radius 3 is 1.27 bits per heavy atom. The summed E-state index contributed by atoms with van der Waals surface area (Å²) >= 11 is -4.12. The zero-order valence-electron chi connectivity index (χ0n) is 16.5. The molecule has 0 aliphatic rings. The van der Waals surface area contributed by atoms with Gasteiger partial charge in [0.25, 0.3) is 0 Å². The molecule has 0 bridgehead atoms. The number of aromatic nitrogens is 3. The van der Waals surface area contributed by atoms with Gasteiger partial charge in [-0.1, -0.05) is 0 Å². The summed E-state index contributed by atoms with van der Waals surface area (Å²) in [5, 5.41) is 0. The second-order valence-corrected chi connectivity index (χ2v) is 37.8. The molecule has 3 nitrogen and oxygen atoms in total. The summed E-state index contributed by atoms with van der Waals surface area (Å²) in [7, 11) is 0.